The van der Waals surface area contributed by atoms with Gasteiger partial charge in [-0.1, -0.05) is 12.5 Å². The number of piperidine rings is 1. The van der Waals surface area contributed by atoms with Gasteiger partial charge in [-0.15, -0.1) is 0 Å². The van der Waals surface area contributed by atoms with Crippen LogP contribution in [0.1, 0.15) is 30.9 Å². The van der Waals surface area contributed by atoms with E-state index in [0.29, 0.717) is 11.5 Å². The molecule has 2 aromatic rings. The van der Waals surface area contributed by atoms with Crippen LogP contribution < -0.4 is 10.8 Å². The molecule has 0 aliphatic carbocycles. The van der Waals surface area contributed by atoms with Gasteiger partial charge in [0.25, 0.3) is 0 Å². The van der Waals surface area contributed by atoms with E-state index in [1.807, 2.05) is 6.20 Å². The highest BCUT2D eigenvalue weighted by atomic mass is 16.4. The first-order valence-electron chi connectivity index (χ1n) is 7.24. The summed E-state index contributed by atoms with van der Waals surface area (Å²) in [6, 6.07) is 4.18. The molecule has 3 heterocycles. The number of aromatic nitrogens is 2. The van der Waals surface area contributed by atoms with E-state index in [-0.39, 0.29) is 0 Å². The first-order chi connectivity index (χ1) is 10.2. The standard InChI is InChI=1S/C15H18BN3O2/c20-16(21)14-6-12(8-18-10-14)11-5-13(9-17-7-11)15-3-1-2-4-19-15/h5-10,15,19-21H,1-4H2. The van der Waals surface area contributed by atoms with Gasteiger partial charge < -0.3 is 15.4 Å². The third kappa shape index (κ3) is 3.29. The minimum atomic E-state index is -1.51. The molecule has 6 heteroatoms. The fraction of sp³-hybridized carbons (Fsp3) is 0.333. The van der Waals surface area contributed by atoms with E-state index >= 15 is 0 Å². The summed E-state index contributed by atoms with van der Waals surface area (Å²) >= 11 is 0. The van der Waals surface area contributed by atoms with Crippen molar-refractivity contribution in [3.05, 3.63) is 42.5 Å². The Balaban J connectivity index is 1.90. The molecule has 0 radical (unpaired) electrons. The Hall–Kier alpha value is -1.76. The fourth-order valence-corrected chi connectivity index (χ4v) is 2.70. The summed E-state index contributed by atoms with van der Waals surface area (Å²) in [4.78, 5) is 8.38. The largest absolute Gasteiger partial charge is 0.490 e. The van der Waals surface area contributed by atoms with E-state index in [1.54, 1.807) is 18.5 Å². The van der Waals surface area contributed by atoms with Crippen LogP contribution in [-0.4, -0.2) is 33.7 Å². The molecule has 0 saturated carbocycles. The molecule has 3 rings (SSSR count). The summed E-state index contributed by atoms with van der Waals surface area (Å²) in [6.07, 6.45) is 10.4. The quantitative estimate of drug-likeness (QED) is 0.720. The zero-order valence-electron chi connectivity index (χ0n) is 11.7. The lowest BCUT2D eigenvalue weighted by molar-refractivity contribution is 0.411. The molecule has 2 aromatic heterocycles. The second-order valence-electron chi connectivity index (χ2n) is 5.39. The Morgan fingerprint density at radius 3 is 2.48 bits per heavy atom. The average molecular weight is 283 g/mol. The highest BCUT2D eigenvalue weighted by molar-refractivity contribution is 6.58. The maximum Gasteiger partial charge on any atom is 0.490 e. The maximum absolute atomic E-state index is 9.24. The van der Waals surface area contributed by atoms with Crippen LogP contribution in [0, 0.1) is 0 Å². The molecule has 21 heavy (non-hydrogen) atoms. The zero-order chi connectivity index (χ0) is 14.7. The Kier molecular flexibility index (Phi) is 4.29. The third-order valence-corrected chi connectivity index (χ3v) is 3.86. The number of hydrogen-bond acceptors (Lipinski definition) is 5. The van der Waals surface area contributed by atoms with E-state index in [9.17, 15) is 10.0 Å². The molecule has 108 valence electrons. The first-order valence-corrected chi connectivity index (χ1v) is 7.24. The van der Waals surface area contributed by atoms with E-state index in [1.165, 1.54) is 24.6 Å². The topological polar surface area (TPSA) is 78.3 Å². The van der Waals surface area contributed by atoms with E-state index in [2.05, 4.69) is 21.4 Å². The van der Waals surface area contributed by atoms with E-state index in [0.717, 1.165) is 24.1 Å². The molecular weight excluding hydrogens is 265 g/mol. The molecule has 3 N–H and O–H groups in total. The first kappa shape index (κ1) is 14.2. The van der Waals surface area contributed by atoms with Crippen molar-refractivity contribution < 1.29 is 10.0 Å². The summed E-state index contributed by atoms with van der Waals surface area (Å²) in [6.45, 7) is 1.04. The van der Waals surface area contributed by atoms with Gasteiger partial charge in [0.15, 0.2) is 0 Å². The van der Waals surface area contributed by atoms with E-state index in [4.69, 9.17) is 0 Å². The lowest BCUT2D eigenvalue weighted by Crippen LogP contribution is -2.30. The monoisotopic (exact) mass is 283 g/mol. The van der Waals surface area contributed by atoms with Gasteiger partial charge in [-0.25, -0.2) is 0 Å². The minimum absolute atomic E-state index is 0.353. The summed E-state index contributed by atoms with van der Waals surface area (Å²) in [7, 11) is -1.51. The molecule has 1 aliphatic rings. The molecular formula is C15H18BN3O2. The van der Waals surface area contributed by atoms with Crippen LogP contribution in [0.4, 0.5) is 0 Å². The number of pyridine rings is 2. The van der Waals surface area contributed by atoms with Crippen molar-refractivity contribution in [2.24, 2.45) is 0 Å². The second-order valence-corrected chi connectivity index (χ2v) is 5.39. The van der Waals surface area contributed by atoms with Gasteiger partial charge in [-0.05, 0) is 31.0 Å². The summed E-state index contributed by atoms with van der Waals surface area (Å²) in [5.41, 5.74) is 3.33. The molecule has 1 unspecified atom stereocenters. The third-order valence-electron chi connectivity index (χ3n) is 3.86. The van der Waals surface area contributed by atoms with Crippen LogP contribution in [0.3, 0.4) is 0 Å². The minimum Gasteiger partial charge on any atom is -0.423 e. The molecule has 1 atom stereocenters. The Labute approximate surface area is 124 Å². The van der Waals surface area contributed by atoms with Gasteiger partial charge in [0.2, 0.25) is 0 Å². The zero-order valence-corrected chi connectivity index (χ0v) is 11.7. The number of rotatable bonds is 3. The van der Waals surface area contributed by atoms with Gasteiger partial charge in [-0.3, -0.25) is 9.97 Å². The lowest BCUT2D eigenvalue weighted by Gasteiger charge is -2.23. The van der Waals surface area contributed by atoms with Crippen LogP contribution in [-0.2, 0) is 0 Å². The van der Waals surface area contributed by atoms with Crippen LogP contribution in [0.2, 0.25) is 0 Å². The van der Waals surface area contributed by atoms with Crippen LogP contribution >= 0.6 is 0 Å². The Morgan fingerprint density at radius 2 is 1.76 bits per heavy atom. The molecule has 0 amide bonds. The SMILES string of the molecule is OB(O)c1cncc(-c2cncc(C3CCCCN3)c2)c1. The fourth-order valence-electron chi connectivity index (χ4n) is 2.70. The van der Waals surface area contributed by atoms with Crippen molar-refractivity contribution in [3.63, 3.8) is 0 Å². The lowest BCUT2D eigenvalue weighted by atomic mass is 9.80. The maximum atomic E-state index is 9.24. The summed E-state index contributed by atoms with van der Waals surface area (Å²) in [5.74, 6) is 0. The average Bonchev–Trinajstić information content (AvgIpc) is 2.56. The predicted molar refractivity (Wildman–Crippen MR) is 81.9 cm³/mol. The molecule has 0 spiro atoms. The van der Waals surface area contributed by atoms with Crippen LogP contribution in [0.25, 0.3) is 11.1 Å². The van der Waals surface area contributed by atoms with Crippen molar-refractivity contribution in [2.75, 3.05) is 6.54 Å². The van der Waals surface area contributed by atoms with Crippen molar-refractivity contribution in [1.82, 2.24) is 15.3 Å². The van der Waals surface area contributed by atoms with Crippen LogP contribution in [0.5, 0.6) is 0 Å². The van der Waals surface area contributed by atoms with Gasteiger partial charge in [0.1, 0.15) is 0 Å². The molecule has 1 saturated heterocycles. The Morgan fingerprint density at radius 1 is 1.00 bits per heavy atom. The number of hydrogen-bond donors (Lipinski definition) is 3. The highest BCUT2D eigenvalue weighted by Crippen LogP contribution is 2.25. The van der Waals surface area contributed by atoms with Crippen molar-refractivity contribution >= 4 is 12.6 Å². The summed E-state index contributed by atoms with van der Waals surface area (Å²) in [5, 5.41) is 22.0. The van der Waals surface area contributed by atoms with Gasteiger partial charge in [-0.2, -0.15) is 0 Å². The number of nitrogens with one attached hydrogen (secondary N) is 1. The Bertz CT molecular complexity index is 615. The number of nitrogens with zero attached hydrogens (tertiary/aromatic N) is 2. The molecule has 5 nitrogen and oxygen atoms in total. The van der Waals surface area contributed by atoms with Crippen molar-refractivity contribution in [2.45, 2.75) is 25.3 Å². The smallest absolute Gasteiger partial charge is 0.423 e. The second kappa shape index (κ2) is 6.34. The predicted octanol–water partition coefficient (Wildman–Crippen LogP) is 0.638. The van der Waals surface area contributed by atoms with Gasteiger partial charge in [0.05, 0.1) is 0 Å². The van der Waals surface area contributed by atoms with Crippen molar-refractivity contribution in [3.8, 4) is 11.1 Å². The highest BCUT2D eigenvalue weighted by Gasteiger charge is 2.16. The molecule has 0 bridgehead atoms. The molecule has 0 aromatic carbocycles. The van der Waals surface area contributed by atoms with Crippen LogP contribution in [0.15, 0.2) is 36.9 Å². The van der Waals surface area contributed by atoms with Gasteiger partial charge >= 0.3 is 7.12 Å². The molecule has 1 fully saturated rings. The van der Waals surface area contributed by atoms with Crippen molar-refractivity contribution in [1.29, 1.82) is 0 Å². The summed E-state index contributed by atoms with van der Waals surface area (Å²) < 4.78 is 0. The normalized spacial score (nSPS) is 18.5. The van der Waals surface area contributed by atoms with Gasteiger partial charge in [0, 0.05) is 47.4 Å². The molecule has 1 aliphatic heterocycles. The van der Waals surface area contributed by atoms with E-state index < -0.39 is 7.12 Å².